The summed E-state index contributed by atoms with van der Waals surface area (Å²) in [6, 6.07) is 13.4. The first-order valence-electron chi connectivity index (χ1n) is 14.2. The van der Waals surface area contributed by atoms with E-state index in [1.807, 2.05) is 42.5 Å². The minimum Gasteiger partial charge on any atom is -0.497 e. The first-order valence-corrected chi connectivity index (χ1v) is 15.3. The van der Waals surface area contributed by atoms with E-state index < -0.39 is 0 Å². The van der Waals surface area contributed by atoms with E-state index in [0.717, 1.165) is 35.3 Å². The van der Waals surface area contributed by atoms with Crippen molar-refractivity contribution in [1.29, 1.82) is 0 Å². The Morgan fingerprint density at radius 1 is 1.14 bits per heavy atom. The van der Waals surface area contributed by atoms with Crippen LogP contribution in [0.5, 0.6) is 17.2 Å². The number of hydrogen-bond donors (Lipinski definition) is 1. The average Bonchev–Trinajstić information content (AvgIpc) is 3.73. The van der Waals surface area contributed by atoms with Gasteiger partial charge in [-0.15, -0.1) is 11.8 Å². The monoisotopic (exact) mass is 592 g/mol. The van der Waals surface area contributed by atoms with Gasteiger partial charge in [-0.1, -0.05) is 26.8 Å². The molecule has 0 spiro atoms. The number of fused-ring (bicyclic) bond motifs is 2. The van der Waals surface area contributed by atoms with Gasteiger partial charge in [-0.3, -0.25) is 14.5 Å². The highest BCUT2D eigenvalue weighted by Crippen LogP contribution is 2.50. The van der Waals surface area contributed by atoms with E-state index in [9.17, 15) is 9.59 Å². The van der Waals surface area contributed by atoms with Crippen LogP contribution in [0.15, 0.2) is 42.5 Å². The van der Waals surface area contributed by atoms with Crippen molar-refractivity contribution in [3.63, 3.8) is 0 Å². The fourth-order valence-corrected chi connectivity index (χ4v) is 6.74. The summed E-state index contributed by atoms with van der Waals surface area (Å²) in [5, 5.41) is 7.89. The third-order valence-electron chi connectivity index (χ3n) is 7.67. The van der Waals surface area contributed by atoms with E-state index in [-0.39, 0.29) is 47.7 Å². The molecule has 3 aliphatic heterocycles. The van der Waals surface area contributed by atoms with E-state index in [1.54, 1.807) is 16.7 Å². The molecule has 0 radical (unpaired) electrons. The lowest BCUT2D eigenvalue weighted by atomic mass is 9.87. The minimum absolute atomic E-state index is 0.00705. The van der Waals surface area contributed by atoms with Gasteiger partial charge in [0.25, 0.3) is 0 Å². The number of benzene rings is 2. The Labute approximate surface area is 249 Å². The van der Waals surface area contributed by atoms with Crippen molar-refractivity contribution >= 4 is 29.4 Å². The molecule has 3 aliphatic rings. The van der Waals surface area contributed by atoms with Crippen LogP contribution in [0.1, 0.15) is 55.7 Å². The third kappa shape index (κ3) is 5.55. The summed E-state index contributed by atoms with van der Waals surface area (Å²) in [6.07, 6.45) is 1.91. The molecule has 1 fully saturated rings. The van der Waals surface area contributed by atoms with Gasteiger partial charge in [0.15, 0.2) is 11.5 Å². The molecule has 0 aliphatic carbocycles. The number of nitrogens with zero attached hydrogens (tertiary/aromatic N) is 3. The molecule has 4 heterocycles. The molecule has 0 saturated carbocycles. The Bertz CT molecular complexity index is 1480. The van der Waals surface area contributed by atoms with Crippen molar-refractivity contribution in [1.82, 2.24) is 15.1 Å². The first-order chi connectivity index (χ1) is 20.2. The fourth-order valence-electron chi connectivity index (χ4n) is 5.55. The summed E-state index contributed by atoms with van der Waals surface area (Å²) in [6.45, 7) is 7.52. The van der Waals surface area contributed by atoms with Crippen molar-refractivity contribution in [2.75, 3.05) is 44.3 Å². The van der Waals surface area contributed by atoms with Gasteiger partial charge in [0.2, 0.25) is 18.6 Å². The maximum absolute atomic E-state index is 13.9. The summed E-state index contributed by atoms with van der Waals surface area (Å²) in [5.41, 5.74) is 3.13. The van der Waals surface area contributed by atoms with E-state index in [1.165, 1.54) is 11.8 Å². The Kier molecular flexibility index (Phi) is 7.80. The zero-order chi connectivity index (χ0) is 29.4. The summed E-state index contributed by atoms with van der Waals surface area (Å²) >= 11 is 1.53. The molecule has 2 aromatic carbocycles. The average molecular weight is 593 g/mol. The zero-order valence-electron chi connectivity index (χ0n) is 24.3. The second kappa shape index (κ2) is 11.5. The number of rotatable bonds is 7. The number of anilines is 1. The van der Waals surface area contributed by atoms with E-state index >= 15 is 0 Å². The van der Waals surface area contributed by atoms with Crippen LogP contribution in [0.3, 0.4) is 0 Å². The van der Waals surface area contributed by atoms with Crippen molar-refractivity contribution in [2.24, 2.45) is 0 Å². The number of aromatic nitrogens is 2. The van der Waals surface area contributed by atoms with Crippen LogP contribution in [0.4, 0.5) is 5.82 Å². The normalized spacial score (nSPS) is 19.9. The second-order valence-corrected chi connectivity index (χ2v) is 12.8. The largest absolute Gasteiger partial charge is 0.497 e. The van der Waals surface area contributed by atoms with E-state index in [2.05, 4.69) is 26.1 Å². The van der Waals surface area contributed by atoms with Gasteiger partial charge in [0, 0.05) is 24.1 Å². The van der Waals surface area contributed by atoms with Gasteiger partial charge in [-0.2, -0.15) is 5.10 Å². The molecule has 3 aromatic rings. The van der Waals surface area contributed by atoms with Crippen LogP contribution in [-0.2, 0) is 19.7 Å². The maximum Gasteiger partial charge on any atom is 0.240 e. The molecule has 1 N–H and O–H groups in total. The molecule has 2 amide bonds. The zero-order valence-corrected chi connectivity index (χ0v) is 25.2. The molecule has 2 unspecified atom stereocenters. The Morgan fingerprint density at radius 2 is 1.93 bits per heavy atom. The third-order valence-corrected chi connectivity index (χ3v) is 8.92. The van der Waals surface area contributed by atoms with E-state index in [4.69, 9.17) is 24.0 Å². The SMILES string of the molecule is COc1ccc(-n2nc(C(C)(C)C)c3c2N(CC(=O)NCC2CCCO2)C(=O)CSC3c2ccc3c(c2)OCO3)cc1. The lowest BCUT2D eigenvalue weighted by molar-refractivity contribution is -0.123. The van der Waals surface area contributed by atoms with Crippen molar-refractivity contribution in [2.45, 2.75) is 50.4 Å². The highest BCUT2D eigenvalue weighted by molar-refractivity contribution is 8.00. The maximum atomic E-state index is 13.9. The number of ether oxygens (including phenoxy) is 4. The predicted octanol–water partition coefficient (Wildman–Crippen LogP) is 4.37. The van der Waals surface area contributed by atoms with Crippen molar-refractivity contribution < 1.29 is 28.5 Å². The molecule has 1 aromatic heterocycles. The number of amides is 2. The number of carbonyl (C=O) groups is 2. The van der Waals surface area contributed by atoms with Crippen LogP contribution in [-0.4, -0.2) is 67.1 Å². The van der Waals surface area contributed by atoms with Crippen LogP contribution < -0.4 is 24.4 Å². The molecule has 222 valence electrons. The van der Waals surface area contributed by atoms with Gasteiger partial charge >= 0.3 is 0 Å². The molecular formula is C31H36N4O6S. The molecular weight excluding hydrogens is 556 g/mol. The van der Waals surface area contributed by atoms with Gasteiger partial charge in [0.1, 0.15) is 18.1 Å². The minimum atomic E-state index is -0.363. The van der Waals surface area contributed by atoms with Crippen molar-refractivity contribution in [3.05, 3.63) is 59.3 Å². The smallest absolute Gasteiger partial charge is 0.240 e. The number of thioether (sulfide) groups is 1. The number of hydrogen-bond acceptors (Lipinski definition) is 8. The lowest BCUT2D eigenvalue weighted by Gasteiger charge is -2.25. The predicted molar refractivity (Wildman–Crippen MR) is 160 cm³/mol. The van der Waals surface area contributed by atoms with E-state index in [0.29, 0.717) is 36.2 Å². The highest BCUT2D eigenvalue weighted by Gasteiger charge is 2.40. The van der Waals surface area contributed by atoms with Gasteiger partial charge in [-0.25, -0.2) is 4.68 Å². The highest BCUT2D eigenvalue weighted by atomic mass is 32.2. The summed E-state index contributed by atoms with van der Waals surface area (Å²) in [7, 11) is 1.62. The van der Waals surface area contributed by atoms with Crippen LogP contribution >= 0.6 is 11.8 Å². The standard InChI is InChI=1S/C31H36N4O6S/c1-31(2,3)29-27-28(19-7-12-23-24(14-19)41-18-40-23)42-17-26(37)34(16-25(36)32-15-22-6-5-13-39-22)30(27)35(33-29)20-8-10-21(38-4)11-9-20/h7-12,14,22,28H,5-6,13,15-18H2,1-4H3,(H,32,36). The molecule has 10 nitrogen and oxygen atoms in total. The Balaban J connectivity index is 1.48. The van der Waals surface area contributed by atoms with Gasteiger partial charge in [-0.05, 0) is 54.8 Å². The summed E-state index contributed by atoms with van der Waals surface area (Å²) in [5.74, 6) is 2.47. The van der Waals surface area contributed by atoms with Crippen LogP contribution in [0, 0.1) is 0 Å². The molecule has 11 heteroatoms. The van der Waals surface area contributed by atoms with Crippen LogP contribution in [0.2, 0.25) is 0 Å². The summed E-state index contributed by atoms with van der Waals surface area (Å²) < 4.78 is 24.1. The molecule has 42 heavy (non-hydrogen) atoms. The first kappa shape index (κ1) is 28.4. The lowest BCUT2D eigenvalue weighted by Crippen LogP contribution is -2.44. The number of methoxy groups -OCH3 is 1. The van der Waals surface area contributed by atoms with Crippen molar-refractivity contribution in [3.8, 4) is 22.9 Å². The molecule has 6 rings (SSSR count). The molecule has 0 bridgehead atoms. The molecule has 2 atom stereocenters. The Hall–Kier alpha value is -3.70. The van der Waals surface area contributed by atoms with Crippen LogP contribution in [0.25, 0.3) is 5.69 Å². The van der Waals surface area contributed by atoms with Gasteiger partial charge < -0.3 is 24.3 Å². The summed E-state index contributed by atoms with van der Waals surface area (Å²) in [4.78, 5) is 28.8. The second-order valence-electron chi connectivity index (χ2n) is 11.7. The molecule has 1 saturated heterocycles. The quantitative estimate of drug-likeness (QED) is 0.432. The Morgan fingerprint density at radius 3 is 2.64 bits per heavy atom. The topological polar surface area (TPSA) is 104 Å². The number of carbonyl (C=O) groups excluding carboxylic acids is 2. The van der Waals surface area contributed by atoms with Gasteiger partial charge in [0.05, 0.1) is 35.6 Å². The fraction of sp³-hybridized carbons (Fsp3) is 0.452. The number of nitrogens with one attached hydrogen (secondary N) is 1.